The minimum atomic E-state index is -0.854. The molecule has 1 N–H and O–H groups in total. The van der Waals surface area contributed by atoms with Crippen molar-refractivity contribution in [3.63, 3.8) is 0 Å². The Labute approximate surface area is 251 Å². The maximum atomic E-state index is 13.9. The average molecular weight is 631 g/mol. The van der Waals surface area contributed by atoms with Gasteiger partial charge in [-0.3, -0.25) is 23.7 Å². The molecule has 40 heavy (non-hydrogen) atoms. The number of carbonyl (C=O) groups is 3. The second kappa shape index (κ2) is 10.7. The molecule has 0 aliphatic carbocycles. The summed E-state index contributed by atoms with van der Waals surface area (Å²) in [6.45, 7) is -0.261. The first-order valence-electron chi connectivity index (χ1n) is 12.1. The highest BCUT2D eigenvalue weighted by molar-refractivity contribution is 8.00. The maximum Gasteiger partial charge on any atom is 0.308 e. The molecule has 7 nitrogen and oxygen atoms in total. The van der Waals surface area contributed by atoms with Gasteiger partial charge in [-0.2, -0.15) is 0 Å². The fourth-order valence-corrected chi connectivity index (χ4v) is 8.38. The lowest BCUT2D eigenvalue weighted by Gasteiger charge is -2.31. The van der Waals surface area contributed by atoms with E-state index in [2.05, 4.69) is 5.32 Å². The standard InChI is InChI=1S/C28H18Cl3N3O4S2/c29-14-9-11-16(12-10-14)34-25(36)21-20(17-7-4-8-18(30)22(17)31)24-27(39-23(21)26(34)37)33(28(38)40-24)13-19(35)32-15-5-2-1-3-6-15/h1-12,20-21,23H,13H2,(H,32,35)/t20-,21?,23?/m1/s1. The van der Waals surface area contributed by atoms with E-state index in [1.54, 1.807) is 66.7 Å². The summed E-state index contributed by atoms with van der Waals surface area (Å²) < 4.78 is 1.35. The number of thiazole rings is 1. The quantitative estimate of drug-likeness (QED) is 0.261. The summed E-state index contributed by atoms with van der Waals surface area (Å²) in [5.74, 6) is -2.80. The number of aromatic nitrogens is 1. The van der Waals surface area contributed by atoms with Gasteiger partial charge in [0.1, 0.15) is 11.8 Å². The summed E-state index contributed by atoms with van der Waals surface area (Å²) in [5, 5.41) is 3.39. The summed E-state index contributed by atoms with van der Waals surface area (Å²) in [4.78, 5) is 55.2. The second-order valence-corrected chi connectivity index (χ2v) is 12.6. The van der Waals surface area contributed by atoms with Crippen LogP contribution in [0.5, 0.6) is 0 Å². The number of imide groups is 1. The minimum absolute atomic E-state index is 0.241. The van der Waals surface area contributed by atoms with Crippen molar-refractivity contribution in [2.75, 3.05) is 10.2 Å². The SMILES string of the molecule is O=C(Cn1c2c(sc1=O)[C@H](c1cccc(Cl)c1Cl)C1C(=O)N(c3ccc(Cl)cc3)C(=O)C1S2)Nc1ccccc1. The topological polar surface area (TPSA) is 88.5 Å². The third-order valence-electron chi connectivity index (χ3n) is 6.81. The number of thioether (sulfide) groups is 1. The van der Waals surface area contributed by atoms with Crippen LogP contribution in [0.3, 0.4) is 0 Å². The molecule has 0 radical (unpaired) electrons. The Bertz CT molecular complexity index is 1720. The highest BCUT2D eigenvalue weighted by Gasteiger charge is 2.57. The molecule has 2 aliphatic heterocycles. The van der Waals surface area contributed by atoms with Gasteiger partial charge >= 0.3 is 4.87 Å². The zero-order valence-corrected chi connectivity index (χ0v) is 24.2. The van der Waals surface area contributed by atoms with E-state index in [4.69, 9.17) is 34.8 Å². The smallest absolute Gasteiger partial charge is 0.308 e. The molecule has 1 fully saturated rings. The monoisotopic (exact) mass is 629 g/mol. The van der Waals surface area contributed by atoms with Crippen molar-refractivity contribution in [2.24, 2.45) is 5.92 Å². The van der Waals surface area contributed by atoms with Crippen LogP contribution in [0, 0.1) is 5.92 Å². The van der Waals surface area contributed by atoms with Crippen LogP contribution in [0.25, 0.3) is 0 Å². The zero-order chi connectivity index (χ0) is 28.1. The van der Waals surface area contributed by atoms with E-state index in [0.29, 0.717) is 31.9 Å². The molecule has 3 aromatic carbocycles. The molecule has 6 rings (SSSR count). The van der Waals surface area contributed by atoms with Gasteiger partial charge in [-0.05, 0) is 48.0 Å². The van der Waals surface area contributed by atoms with Gasteiger partial charge < -0.3 is 5.32 Å². The number of hydrogen-bond donors (Lipinski definition) is 1. The minimum Gasteiger partial charge on any atom is -0.325 e. The molecular weight excluding hydrogens is 613 g/mol. The Balaban J connectivity index is 1.45. The van der Waals surface area contributed by atoms with Gasteiger partial charge in [0.15, 0.2) is 0 Å². The van der Waals surface area contributed by atoms with Crippen LogP contribution in [0.2, 0.25) is 15.1 Å². The van der Waals surface area contributed by atoms with Gasteiger partial charge in [0.2, 0.25) is 17.7 Å². The van der Waals surface area contributed by atoms with E-state index in [1.165, 1.54) is 4.57 Å². The van der Waals surface area contributed by atoms with E-state index in [9.17, 15) is 19.2 Å². The highest BCUT2D eigenvalue weighted by atomic mass is 35.5. The zero-order valence-electron chi connectivity index (χ0n) is 20.3. The predicted molar refractivity (Wildman–Crippen MR) is 159 cm³/mol. The van der Waals surface area contributed by atoms with Crippen LogP contribution in [0.15, 0.2) is 82.6 Å². The molecule has 3 atom stereocenters. The van der Waals surface area contributed by atoms with Crippen LogP contribution >= 0.6 is 57.9 Å². The lowest BCUT2D eigenvalue weighted by molar-refractivity contribution is -0.122. The Hall–Kier alpha value is -3.08. The number of hydrogen-bond acceptors (Lipinski definition) is 6. The van der Waals surface area contributed by atoms with Crippen molar-refractivity contribution in [1.29, 1.82) is 0 Å². The number of rotatable bonds is 5. The molecule has 1 aromatic heterocycles. The maximum absolute atomic E-state index is 13.9. The van der Waals surface area contributed by atoms with Crippen LogP contribution < -0.4 is 15.1 Å². The number of amides is 3. The Morgan fingerprint density at radius 3 is 2.33 bits per heavy atom. The van der Waals surface area contributed by atoms with E-state index in [0.717, 1.165) is 28.0 Å². The van der Waals surface area contributed by atoms with Crippen LogP contribution in [0.4, 0.5) is 11.4 Å². The van der Waals surface area contributed by atoms with E-state index in [1.807, 2.05) is 6.07 Å². The number of fused-ring (bicyclic) bond motifs is 2. The molecule has 3 amide bonds. The van der Waals surface area contributed by atoms with Crippen LogP contribution in [0.1, 0.15) is 16.4 Å². The highest BCUT2D eigenvalue weighted by Crippen LogP contribution is 2.55. The third kappa shape index (κ3) is 4.65. The number of halogens is 3. The molecular formula is C28H18Cl3N3O4S2. The predicted octanol–water partition coefficient (Wildman–Crippen LogP) is 6.30. The number of nitrogens with one attached hydrogen (secondary N) is 1. The fraction of sp³-hybridized carbons (Fsp3) is 0.143. The van der Waals surface area contributed by atoms with Crippen molar-refractivity contribution >= 4 is 87.0 Å². The van der Waals surface area contributed by atoms with Crippen molar-refractivity contribution in [2.45, 2.75) is 22.7 Å². The number of carbonyl (C=O) groups excluding carboxylic acids is 3. The largest absolute Gasteiger partial charge is 0.325 e. The number of anilines is 2. The van der Waals surface area contributed by atoms with Gasteiger partial charge in [-0.15, -0.1) is 0 Å². The molecule has 4 aromatic rings. The van der Waals surface area contributed by atoms with Crippen molar-refractivity contribution in [3.05, 3.63) is 108 Å². The van der Waals surface area contributed by atoms with Crippen LogP contribution in [-0.4, -0.2) is 27.5 Å². The lowest BCUT2D eigenvalue weighted by Crippen LogP contribution is -2.33. The molecule has 3 heterocycles. The normalized spacial score (nSPS) is 19.9. The molecule has 12 heteroatoms. The van der Waals surface area contributed by atoms with Gasteiger partial charge in [0, 0.05) is 21.5 Å². The van der Waals surface area contributed by atoms with Gasteiger partial charge in [0.25, 0.3) is 0 Å². The van der Waals surface area contributed by atoms with Crippen molar-refractivity contribution in [3.8, 4) is 0 Å². The Morgan fingerprint density at radius 2 is 1.60 bits per heavy atom. The summed E-state index contributed by atoms with van der Waals surface area (Å²) in [7, 11) is 0. The molecule has 0 spiro atoms. The van der Waals surface area contributed by atoms with E-state index in [-0.39, 0.29) is 21.5 Å². The van der Waals surface area contributed by atoms with Gasteiger partial charge in [-0.1, -0.05) is 88.2 Å². The molecule has 0 bridgehead atoms. The van der Waals surface area contributed by atoms with Crippen molar-refractivity contribution < 1.29 is 14.4 Å². The molecule has 0 saturated carbocycles. The Kier molecular flexibility index (Phi) is 7.27. The summed E-state index contributed by atoms with van der Waals surface area (Å²) in [6.07, 6.45) is 0. The molecule has 2 unspecified atom stereocenters. The molecule has 202 valence electrons. The average Bonchev–Trinajstić information content (AvgIpc) is 3.38. The first-order valence-corrected chi connectivity index (χ1v) is 14.9. The lowest BCUT2D eigenvalue weighted by atomic mass is 9.83. The summed E-state index contributed by atoms with van der Waals surface area (Å²) in [5.41, 5.74) is 1.52. The van der Waals surface area contributed by atoms with Crippen molar-refractivity contribution in [1.82, 2.24) is 4.57 Å². The molecule has 2 aliphatic rings. The van der Waals surface area contributed by atoms with Gasteiger partial charge in [0.05, 0.1) is 26.7 Å². The Morgan fingerprint density at radius 1 is 0.875 bits per heavy atom. The van der Waals surface area contributed by atoms with Crippen LogP contribution in [-0.2, 0) is 20.9 Å². The second-order valence-electron chi connectivity index (χ2n) is 9.21. The molecule has 1 saturated heterocycles. The number of benzene rings is 3. The summed E-state index contributed by atoms with van der Waals surface area (Å²) in [6, 6.07) is 20.4. The first kappa shape index (κ1) is 27.1. The first-order chi connectivity index (χ1) is 19.2. The number of nitrogens with zero attached hydrogens (tertiary/aromatic N) is 2. The third-order valence-corrected chi connectivity index (χ3v) is 10.5. The van der Waals surface area contributed by atoms with Gasteiger partial charge in [-0.25, -0.2) is 4.90 Å². The number of para-hydroxylation sites is 1. The van der Waals surface area contributed by atoms with E-state index >= 15 is 0 Å². The van der Waals surface area contributed by atoms with E-state index < -0.39 is 34.8 Å². The summed E-state index contributed by atoms with van der Waals surface area (Å²) >= 11 is 21.1. The fourth-order valence-electron chi connectivity index (χ4n) is 5.06.